The molecule has 1 saturated heterocycles. The molecule has 0 radical (unpaired) electrons. The maximum Gasteiger partial charge on any atom is 0.321 e. The summed E-state index contributed by atoms with van der Waals surface area (Å²) in [6, 6.07) is 2.81. The number of anilines is 1. The van der Waals surface area contributed by atoms with Crippen LogP contribution in [0.2, 0.25) is 5.15 Å². The summed E-state index contributed by atoms with van der Waals surface area (Å²) in [6.45, 7) is 4.40. The Morgan fingerprint density at radius 3 is 2.50 bits per heavy atom. The highest BCUT2D eigenvalue weighted by molar-refractivity contribution is 7.92. The number of sulfone groups is 1. The molecule has 9 nitrogen and oxygen atoms in total. The number of halogens is 1. The first kappa shape index (κ1) is 20.5. The van der Waals surface area contributed by atoms with Crippen LogP contribution in [0.4, 0.5) is 10.5 Å². The highest BCUT2D eigenvalue weighted by Gasteiger charge is 2.45. The highest BCUT2D eigenvalue weighted by Crippen LogP contribution is 2.38. The molecule has 1 fully saturated rings. The molecular formula is C17H23ClN6O3S. The van der Waals surface area contributed by atoms with E-state index in [1.807, 2.05) is 0 Å². The number of aryl methyl sites for hydroxylation is 1. The third kappa shape index (κ3) is 3.83. The molecule has 3 rings (SSSR count). The van der Waals surface area contributed by atoms with Gasteiger partial charge in [0.1, 0.15) is 0 Å². The molecule has 2 amide bonds. The zero-order valence-electron chi connectivity index (χ0n) is 16.0. The maximum atomic E-state index is 13.2. The van der Waals surface area contributed by atoms with Crippen LogP contribution in [0.3, 0.4) is 0 Å². The van der Waals surface area contributed by atoms with Crippen molar-refractivity contribution in [2.75, 3.05) is 18.4 Å². The minimum atomic E-state index is -3.65. The first-order chi connectivity index (χ1) is 13.1. The largest absolute Gasteiger partial charge is 0.325 e. The second-order valence-electron chi connectivity index (χ2n) is 7.36. The van der Waals surface area contributed by atoms with Gasteiger partial charge in [0.05, 0.1) is 22.8 Å². The van der Waals surface area contributed by atoms with Crippen LogP contribution in [-0.4, -0.2) is 57.2 Å². The number of nitrogens with zero attached hydrogens (tertiary/aromatic N) is 5. The summed E-state index contributed by atoms with van der Waals surface area (Å²) in [5, 5.41) is 14.4. The van der Waals surface area contributed by atoms with E-state index in [0.29, 0.717) is 31.6 Å². The van der Waals surface area contributed by atoms with Crippen LogP contribution in [0.25, 0.3) is 0 Å². The van der Waals surface area contributed by atoms with Crippen LogP contribution in [0.15, 0.2) is 29.6 Å². The van der Waals surface area contributed by atoms with Crippen molar-refractivity contribution in [2.24, 2.45) is 13.0 Å². The number of piperidine rings is 1. The standard InChI is InChI=1S/C17H23ClN6O3S/c1-17(2,28(26,27)15-10-14(18)22-23(15)3)12-5-8-24(9-6-12)16(25)21-13-4-7-19-20-11-13/h4,7,10-12H,5-6,8-9H2,1-3H3,(H,19,21,25). The fraction of sp³-hybridized carbons (Fsp3) is 0.529. The van der Waals surface area contributed by atoms with Gasteiger partial charge < -0.3 is 10.2 Å². The van der Waals surface area contributed by atoms with Crippen molar-refractivity contribution in [3.8, 4) is 0 Å². The van der Waals surface area contributed by atoms with Gasteiger partial charge in [0, 0.05) is 26.2 Å². The molecule has 0 atom stereocenters. The van der Waals surface area contributed by atoms with Gasteiger partial charge in [-0.3, -0.25) is 4.68 Å². The number of rotatable bonds is 4. The summed E-state index contributed by atoms with van der Waals surface area (Å²) >= 11 is 5.87. The number of aromatic nitrogens is 4. The van der Waals surface area contributed by atoms with Crippen molar-refractivity contribution < 1.29 is 13.2 Å². The van der Waals surface area contributed by atoms with Crippen molar-refractivity contribution in [1.29, 1.82) is 0 Å². The van der Waals surface area contributed by atoms with Crippen LogP contribution >= 0.6 is 11.6 Å². The smallest absolute Gasteiger partial charge is 0.321 e. The van der Waals surface area contributed by atoms with Crippen LogP contribution in [0.1, 0.15) is 26.7 Å². The Bertz CT molecular complexity index is 953. The number of carbonyl (C=O) groups is 1. The molecular weight excluding hydrogens is 404 g/mol. The van der Waals surface area contributed by atoms with Crippen molar-refractivity contribution in [3.63, 3.8) is 0 Å². The van der Waals surface area contributed by atoms with Crippen molar-refractivity contribution in [2.45, 2.75) is 36.5 Å². The quantitative estimate of drug-likeness (QED) is 0.803. The predicted octanol–water partition coefficient (Wildman–Crippen LogP) is 2.36. The fourth-order valence-electron chi connectivity index (χ4n) is 3.50. The van der Waals surface area contributed by atoms with Crippen molar-refractivity contribution in [3.05, 3.63) is 29.7 Å². The number of urea groups is 1. The van der Waals surface area contributed by atoms with Gasteiger partial charge in [-0.2, -0.15) is 15.3 Å². The summed E-state index contributed by atoms with van der Waals surface area (Å²) in [5.74, 6) is -0.0992. The van der Waals surface area contributed by atoms with E-state index in [9.17, 15) is 13.2 Å². The molecule has 0 aromatic carbocycles. The normalized spacial score (nSPS) is 16.2. The second kappa shape index (κ2) is 7.67. The molecule has 2 aromatic heterocycles. The van der Waals surface area contributed by atoms with E-state index in [4.69, 9.17) is 11.6 Å². The van der Waals surface area contributed by atoms with Gasteiger partial charge in [-0.1, -0.05) is 11.6 Å². The molecule has 28 heavy (non-hydrogen) atoms. The first-order valence-corrected chi connectivity index (χ1v) is 10.8. The van der Waals surface area contributed by atoms with Crippen LogP contribution < -0.4 is 5.32 Å². The molecule has 1 aliphatic heterocycles. The Balaban J connectivity index is 1.68. The average molecular weight is 427 g/mol. The first-order valence-electron chi connectivity index (χ1n) is 8.89. The number of hydrogen-bond donors (Lipinski definition) is 1. The van der Waals surface area contributed by atoms with Gasteiger partial charge in [-0.25, -0.2) is 13.2 Å². The Labute approximate surface area is 169 Å². The van der Waals surface area contributed by atoms with E-state index in [-0.39, 0.29) is 22.1 Å². The minimum Gasteiger partial charge on any atom is -0.325 e. The SMILES string of the molecule is Cn1nc(Cl)cc1S(=O)(=O)C(C)(C)C1CCN(C(=O)Nc2ccnnc2)CC1. The molecule has 1 N–H and O–H groups in total. The van der Waals surface area contributed by atoms with Crippen molar-refractivity contribution in [1.82, 2.24) is 24.9 Å². The fourth-order valence-corrected chi connectivity index (χ4v) is 5.65. The van der Waals surface area contributed by atoms with Gasteiger partial charge in [0.25, 0.3) is 0 Å². The van der Waals surface area contributed by atoms with Crippen LogP contribution in [0, 0.1) is 5.92 Å². The molecule has 0 bridgehead atoms. The van der Waals surface area contributed by atoms with Gasteiger partial charge in [0.15, 0.2) is 10.2 Å². The molecule has 3 heterocycles. The number of likely N-dealkylation sites (tertiary alicyclic amines) is 1. The third-order valence-electron chi connectivity index (χ3n) is 5.38. The number of hydrogen-bond acceptors (Lipinski definition) is 6. The van der Waals surface area contributed by atoms with E-state index >= 15 is 0 Å². The predicted molar refractivity (Wildman–Crippen MR) is 105 cm³/mol. The minimum absolute atomic E-state index is 0.0992. The van der Waals surface area contributed by atoms with Crippen LogP contribution in [0.5, 0.6) is 0 Å². The molecule has 0 aliphatic carbocycles. The van der Waals surface area contributed by atoms with Gasteiger partial charge in [0.2, 0.25) is 9.84 Å². The number of carbonyl (C=O) groups excluding carboxylic acids is 1. The number of nitrogens with one attached hydrogen (secondary N) is 1. The molecule has 1 aliphatic rings. The molecule has 0 unspecified atom stereocenters. The molecule has 11 heteroatoms. The summed E-state index contributed by atoms with van der Waals surface area (Å²) in [6.07, 6.45) is 4.14. The van der Waals surface area contributed by atoms with Crippen LogP contribution in [-0.2, 0) is 16.9 Å². The Kier molecular flexibility index (Phi) is 5.62. The molecule has 0 saturated carbocycles. The lowest BCUT2D eigenvalue weighted by Crippen LogP contribution is -2.48. The summed E-state index contributed by atoms with van der Waals surface area (Å²) < 4.78 is 26.7. The van der Waals surface area contributed by atoms with E-state index in [0.717, 1.165) is 0 Å². The summed E-state index contributed by atoms with van der Waals surface area (Å²) in [7, 11) is -2.09. The Hall–Kier alpha value is -2.20. The monoisotopic (exact) mass is 426 g/mol. The second-order valence-corrected chi connectivity index (χ2v) is 10.2. The zero-order chi connectivity index (χ0) is 20.5. The topological polar surface area (TPSA) is 110 Å². The average Bonchev–Trinajstić information content (AvgIpc) is 3.01. The van der Waals surface area contributed by atoms with Gasteiger partial charge in [-0.15, -0.1) is 0 Å². The van der Waals surface area contributed by atoms with E-state index in [1.54, 1.807) is 31.9 Å². The highest BCUT2D eigenvalue weighted by atomic mass is 35.5. The lowest BCUT2D eigenvalue weighted by atomic mass is 9.86. The van der Waals surface area contributed by atoms with E-state index in [2.05, 4.69) is 20.6 Å². The lowest BCUT2D eigenvalue weighted by molar-refractivity contribution is 0.171. The van der Waals surface area contributed by atoms with Gasteiger partial charge in [-0.05, 0) is 38.7 Å². The third-order valence-corrected chi connectivity index (χ3v) is 8.21. The summed E-state index contributed by atoms with van der Waals surface area (Å²) in [5.41, 5.74) is 0.568. The van der Waals surface area contributed by atoms with Crippen molar-refractivity contribution >= 4 is 33.2 Å². The zero-order valence-corrected chi connectivity index (χ0v) is 17.5. The Morgan fingerprint density at radius 2 is 1.96 bits per heavy atom. The van der Waals surface area contributed by atoms with E-state index in [1.165, 1.54) is 23.1 Å². The lowest BCUT2D eigenvalue weighted by Gasteiger charge is -2.39. The van der Waals surface area contributed by atoms with Gasteiger partial charge >= 0.3 is 6.03 Å². The number of amides is 2. The van der Waals surface area contributed by atoms with E-state index < -0.39 is 14.6 Å². The molecule has 0 spiro atoms. The summed E-state index contributed by atoms with van der Waals surface area (Å²) in [4.78, 5) is 14.1. The Morgan fingerprint density at radius 1 is 1.29 bits per heavy atom. The maximum absolute atomic E-state index is 13.2. The molecule has 2 aromatic rings. The molecule has 152 valence electrons.